The first kappa shape index (κ1) is 20.1. The van der Waals surface area contributed by atoms with Gasteiger partial charge in [0.25, 0.3) is 0 Å². The summed E-state index contributed by atoms with van der Waals surface area (Å²) in [5.41, 5.74) is 4.28. The number of rotatable bonds is 7. The normalized spacial score (nSPS) is 12.2. The minimum atomic E-state index is -0.249. The van der Waals surface area contributed by atoms with E-state index in [1.807, 2.05) is 38.5 Å². The Balaban J connectivity index is 1.80. The van der Waals surface area contributed by atoms with Gasteiger partial charge in [-0.15, -0.1) is 10.2 Å². The van der Waals surface area contributed by atoms with Crippen molar-refractivity contribution in [2.75, 3.05) is 14.1 Å². The average Bonchev–Trinajstić information content (AvgIpc) is 3.12. The Bertz CT molecular complexity index is 936. The summed E-state index contributed by atoms with van der Waals surface area (Å²) in [4.78, 5) is 18.4. The Kier molecular flexibility index (Phi) is 6.49. The van der Waals surface area contributed by atoms with Crippen molar-refractivity contribution in [2.45, 2.75) is 32.9 Å². The molecule has 7 heteroatoms. The summed E-state index contributed by atoms with van der Waals surface area (Å²) in [7, 11) is 4.06. The minimum Gasteiger partial charge on any atom is -0.347 e. The molecular formula is C21H25N5OS. The Morgan fingerprint density at radius 1 is 1.21 bits per heavy atom. The molecule has 1 atom stereocenters. The molecule has 1 amide bonds. The van der Waals surface area contributed by atoms with E-state index in [-0.39, 0.29) is 11.9 Å². The molecule has 1 unspecified atom stereocenters. The molecule has 1 aromatic carbocycles. The van der Waals surface area contributed by atoms with E-state index in [0.29, 0.717) is 6.42 Å². The molecule has 0 radical (unpaired) electrons. The number of carbonyl (C=O) groups excluding carboxylic acids is 1. The number of amides is 1. The second-order valence-corrected chi connectivity index (χ2v) is 8.18. The van der Waals surface area contributed by atoms with E-state index in [9.17, 15) is 4.79 Å². The van der Waals surface area contributed by atoms with Crippen molar-refractivity contribution < 1.29 is 4.79 Å². The fraction of sp³-hybridized carbons (Fsp3) is 0.333. The molecule has 0 aliphatic carbocycles. The monoisotopic (exact) mass is 395 g/mol. The van der Waals surface area contributed by atoms with E-state index in [4.69, 9.17) is 0 Å². The summed E-state index contributed by atoms with van der Waals surface area (Å²) in [5, 5.41) is 13.3. The Hall–Kier alpha value is -2.64. The molecule has 6 nitrogen and oxygen atoms in total. The van der Waals surface area contributed by atoms with E-state index in [1.165, 1.54) is 23.8 Å². The number of nitrogens with zero attached hydrogens (tertiary/aromatic N) is 4. The molecule has 3 rings (SSSR count). The standard InChI is InChI=1S/C21H25N5OS/c1-14-6-5-7-17(10-14)20-24-25-21(28-20)19(23-15(2)27)11-18-9-8-16(12-22-18)13-26(3)4/h5-10,12,19H,11,13H2,1-4H3,(H,23,27). The second kappa shape index (κ2) is 9.03. The van der Waals surface area contributed by atoms with Crippen molar-refractivity contribution in [1.29, 1.82) is 0 Å². The first-order valence-corrected chi connectivity index (χ1v) is 9.98. The van der Waals surface area contributed by atoms with Crippen molar-refractivity contribution >= 4 is 17.2 Å². The summed E-state index contributed by atoms with van der Waals surface area (Å²) in [6.07, 6.45) is 2.46. The van der Waals surface area contributed by atoms with E-state index in [0.717, 1.165) is 33.4 Å². The quantitative estimate of drug-likeness (QED) is 0.664. The number of nitrogens with one attached hydrogen (secondary N) is 1. The van der Waals surface area contributed by atoms with Gasteiger partial charge in [0.2, 0.25) is 5.91 Å². The molecule has 0 spiro atoms. The third-order valence-electron chi connectivity index (χ3n) is 4.18. The highest BCUT2D eigenvalue weighted by Crippen LogP contribution is 2.28. The van der Waals surface area contributed by atoms with Crippen molar-refractivity contribution in [1.82, 2.24) is 25.4 Å². The summed E-state index contributed by atoms with van der Waals surface area (Å²) in [5.74, 6) is -0.0958. The maximum atomic E-state index is 11.7. The van der Waals surface area contributed by atoms with Crippen LogP contribution in [-0.2, 0) is 17.8 Å². The number of aromatic nitrogens is 3. The molecule has 2 heterocycles. The van der Waals surface area contributed by atoms with Crippen LogP contribution in [0, 0.1) is 6.92 Å². The smallest absolute Gasteiger partial charge is 0.217 e. The van der Waals surface area contributed by atoms with Crippen LogP contribution in [-0.4, -0.2) is 40.1 Å². The number of hydrogen-bond donors (Lipinski definition) is 1. The molecule has 0 aliphatic rings. The number of aryl methyl sites for hydroxylation is 1. The van der Waals surface area contributed by atoms with Crippen LogP contribution >= 0.6 is 11.3 Å². The zero-order valence-corrected chi connectivity index (χ0v) is 17.5. The van der Waals surface area contributed by atoms with Gasteiger partial charge in [0.1, 0.15) is 10.0 Å². The van der Waals surface area contributed by atoms with E-state index >= 15 is 0 Å². The molecular weight excluding hydrogens is 370 g/mol. The van der Waals surface area contributed by atoms with Gasteiger partial charge in [-0.1, -0.05) is 41.2 Å². The van der Waals surface area contributed by atoms with Gasteiger partial charge in [-0.25, -0.2) is 0 Å². The van der Waals surface area contributed by atoms with Crippen LogP contribution in [0.25, 0.3) is 10.6 Å². The predicted molar refractivity (Wildman–Crippen MR) is 112 cm³/mol. The van der Waals surface area contributed by atoms with Crippen LogP contribution in [0.3, 0.4) is 0 Å². The topological polar surface area (TPSA) is 71.0 Å². The fourth-order valence-electron chi connectivity index (χ4n) is 2.96. The highest BCUT2D eigenvalue weighted by Gasteiger charge is 2.20. The average molecular weight is 396 g/mol. The third kappa shape index (κ3) is 5.43. The molecule has 2 aromatic heterocycles. The highest BCUT2D eigenvalue weighted by molar-refractivity contribution is 7.14. The van der Waals surface area contributed by atoms with Gasteiger partial charge in [0, 0.05) is 37.3 Å². The van der Waals surface area contributed by atoms with Crippen LogP contribution in [0.15, 0.2) is 42.6 Å². The lowest BCUT2D eigenvalue weighted by molar-refractivity contribution is -0.119. The van der Waals surface area contributed by atoms with Gasteiger partial charge in [0.15, 0.2) is 0 Å². The summed E-state index contributed by atoms with van der Waals surface area (Å²) >= 11 is 1.50. The lowest BCUT2D eigenvalue weighted by Gasteiger charge is -2.15. The van der Waals surface area contributed by atoms with Crippen molar-refractivity contribution in [3.8, 4) is 10.6 Å². The largest absolute Gasteiger partial charge is 0.347 e. The van der Waals surface area contributed by atoms with Crippen LogP contribution in [0.5, 0.6) is 0 Å². The van der Waals surface area contributed by atoms with Crippen molar-refractivity contribution in [2.24, 2.45) is 0 Å². The number of pyridine rings is 1. The van der Waals surface area contributed by atoms with Gasteiger partial charge < -0.3 is 10.2 Å². The Labute approximate surface area is 169 Å². The van der Waals surface area contributed by atoms with Crippen LogP contribution in [0.2, 0.25) is 0 Å². The molecule has 0 aliphatic heterocycles. The van der Waals surface area contributed by atoms with Crippen molar-refractivity contribution in [3.63, 3.8) is 0 Å². The number of hydrogen-bond acceptors (Lipinski definition) is 6. The van der Waals surface area contributed by atoms with Gasteiger partial charge in [-0.3, -0.25) is 9.78 Å². The number of carbonyl (C=O) groups is 1. The molecule has 0 saturated carbocycles. The SMILES string of the molecule is CC(=O)NC(Cc1ccc(CN(C)C)cn1)c1nnc(-c2cccc(C)c2)s1. The van der Waals surface area contributed by atoms with E-state index in [1.54, 1.807) is 0 Å². The van der Waals surface area contributed by atoms with Gasteiger partial charge in [0.05, 0.1) is 6.04 Å². The number of benzene rings is 1. The lowest BCUT2D eigenvalue weighted by atomic mass is 10.1. The maximum absolute atomic E-state index is 11.7. The van der Waals surface area contributed by atoms with Gasteiger partial charge >= 0.3 is 0 Å². The minimum absolute atomic E-state index is 0.0958. The molecule has 0 bridgehead atoms. The molecule has 3 aromatic rings. The molecule has 1 N–H and O–H groups in total. The zero-order chi connectivity index (χ0) is 20.1. The van der Waals surface area contributed by atoms with Crippen molar-refractivity contribution in [3.05, 3.63) is 64.4 Å². The van der Waals surface area contributed by atoms with E-state index < -0.39 is 0 Å². The van der Waals surface area contributed by atoms with Crippen LogP contribution in [0.1, 0.15) is 34.8 Å². The van der Waals surface area contributed by atoms with Gasteiger partial charge in [-0.05, 0) is 38.7 Å². The first-order valence-electron chi connectivity index (χ1n) is 9.17. The predicted octanol–water partition coefficient (Wildman–Crippen LogP) is 3.39. The molecule has 0 fully saturated rings. The third-order valence-corrected chi connectivity index (χ3v) is 5.27. The first-order chi connectivity index (χ1) is 13.4. The Morgan fingerprint density at radius 3 is 2.68 bits per heavy atom. The van der Waals surface area contributed by atoms with E-state index in [2.05, 4.69) is 50.5 Å². The maximum Gasteiger partial charge on any atom is 0.217 e. The fourth-order valence-corrected chi connectivity index (χ4v) is 3.85. The Morgan fingerprint density at radius 2 is 2.04 bits per heavy atom. The second-order valence-electron chi connectivity index (χ2n) is 7.17. The lowest BCUT2D eigenvalue weighted by Crippen LogP contribution is -2.28. The summed E-state index contributed by atoms with van der Waals surface area (Å²) < 4.78 is 0. The molecule has 28 heavy (non-hydrogen) atoms. The zero-order valence-electron chi connectivity index (χ0n) is 16.6. The van der Waals surface area contributed by atoms with Gasteiger partial charge in [-0.2, -0.15) is 0 Å². The molecule has 146 valence electrons. The van der Waals surface area contributed by atoms with Crippen LogP contribution < -0.4 is 5.32 Å². The van der Waals surface area contributed by atoms with Crippen LogP contribution in [0.4, 0.5) is 0 Å². The highest BCUT2D eigenvalue weighted by atomic mass is 32.1. The summed E-state index contributed by atoms with van der Waals surface area (Å²) in [6.45, 7) is 4.42. The summed E-state index contributed by atoms with van der Waals surface area (Å²) in [6, 6.07) is 12.0. The molecule has 0 saturated heterocycles.